The topological polar surface area (TPSA) is 84.9 Å². The molecule has 0 aliphatic heterocycles. The van der Waals surface area contributed by atoms with Crippen LogP contribution in [0.5, 0.6) is 11.5 Å². The van der Waals surface area contributed by atoms with Crippen LogP contribution >= 0.6 is 0 Å². The highest BCUT2D eigenvalue weighted by molar-refractivity contribution is 7.92. The Kier molecular flexibility index (Phi) is 7.50. The molecule has 0 aliphatic carbocycles. The maximum absolute atomic E-state index is 13.0. The number of carbonyl (C=O) groups is 1. The molecule has 7 nitrogen and oxygen atoms in total. The minimum absolute atomic E-state index is 0.292. The smallest absolute Gasteiger partial charge is 0.244 e. The van der Waals surface area contributed by atoms with Gasteiger partial charge in [0.1, 0.15) is 17.5 Å². The second-order valence-electron chi connectivity index (χ2n) is 6.68. The van der Waals surface area contributed by atoms with Crippen molar-refractivity contribution in [2.75, 3.05) is 24.8 Å². The lowest BCUT2D eigenvalue weighted by molar-refractivity contribution is -0.122. The number of methoxy groups -OCH3 is 2. The van der Waals surface area contributed by atoms with Crippen LogP contribution in [0.1, 0.15) is 31.9 Å². The van der Waals surface area contributed by atoms with Crippen LogP contribution in [0.25, 0.3) is 0 Å². The van der Waals surface area contributed by atoms with Crippen LogP contribution in [-0.2, 0) is 14.8 Å². The van der Waals surface area contributed by atoms with Crippen LogP contribution in [-0.4, -0.2) is 40.8 Å². The predicted octanol–water partition coefficient (Wildman–Crippen LogP) is 3.13. The van der Waals surface area contributed by atoms with Gasteiger partial charge in [-0.25, -0.2) is 8.42 Å². The summed E-state index contributed by atoms with van der Waals surface area (Å²) in [6.07, 6.45) is 1.42. The second-order valence-corrected chi connectivity index (χ2v) is 8.54. The van der Waals surface area contributed by atoms with Crippen molar-refractivity contribution in [3.8, 4) is 11.5 Å². The van der Waals surface area contributed by atoms with E-state index in [1.165, 1.54) is 7.11 Å². The Hall–Kier alpha value is -2.74. The maximum atomic E-state index is 13.0. The zero-order valence-electron chi connectivity index (χ0n) is 17.4. The molecule has 0 fully saturated rings. The monoisotopic (exact) mass is 420 g/mol. The van der Waals surface area contributed by atoms with Gasteiger partial charge in [0.15, 0.2) is 0 Å². The van der Waals surface area contributed by atoms with Gasteiger partial charge in [-0.15, -0.1) is 0 Å². The molecule has 0 spiro atoms. The third-order valence-corrected chi connectivity index (χ3v) is 5.81. The van der Waals surface area contributed by atoms with E-state index in [1.54, 1.807) is 38.3 Å². The van der Waals surface area contributed by atoms with Gasteiger partial charge in [0.25, 0.3) is 0 Å². The molecule has 0 bridgehead atoms. The number of hydrogen-bond donors (Lipinski definition) is 1. The van der Waals surface area contributed by atoms with E-state index < -0.39 is 16.1 Å². The van der Waals surface area contributed by atoms with E-state index >= 15 is 0 Å². The number of rotatable bonds is 9. The Morgan fingerprint density at radius 1 is 1.00 bits per heavy atom. The van der Waals surface area contributed by atoms with Crippen LogP contribution in [0.15, 0.2) is 48.5 Å². The number of nitrogens with zero attached hydrogens (tertiary/aromatic N) is 1. The van der Waals surface area contributed by atoms with Crippen molar-refractivity contribution in [1.29, 1.82) is 0 Å². The van der Waals surface area contributed by atoms with Crippen molar-refractivity contribution in [1.82, 2.24) is 5.32 Å². The molecule has 2 atom stereocenters. The Morgan fingerprint density at radius 2 is 1.48 bits per heavy atom. The van der Waals surface area contributed by atoms with Gasteiger partial charge >= 0.3 is 0 Å². The zero-order chi connectivity index (χ0) is 21.6. The van der Waals surface area contributed by atoms with Crippen molar-refractivity contribution in [2.24, 2.45) is 0 Å². The molecule has 1 amide bonds. The maximum Gasteiger partial charge on any atom is 0.244 e. The number of ether oxygens (including phenoxy) is 2. The van der Waals surface area contributed by atoms with Crippen molar-refractivity contribution < 1.29 is 22.7 Å². The van der Waals surface area contributed by atoms with Crippen molar-refractivity contribution >= 4 is 21.6 Å². The number of amides is 1. The third-order valence-electron chi connectivity index (χ3n) is 4.63. The molecule has 2 rings (SSSR count). The van der Waals surface area contributed by atoms with Gasteiger partial charge in [-0.05, 0) is 55.3 Å². The minimum atomic E-state index is -3.69. The van der Waals surface area contributed by atoms with Crippen LogP contribution in [0.3, 0.4) is 0 Å². The van der Waals surface area contributed by atoms with E-state index in [9.17, 15) is 13.2 Å². The van der Waals surface area contributed by atoms with E-state index in [0.717, 1.165) is 21.9 Å². The molecule has 29 heavy (non-hydrogen) atoms. The summed E-state index contributed by atoms with van der Waals surface area (Å²) in [7, 11) is -0.566. The molecule has 0 unspecified atom stereocenters. The second kappa shape index (κ2) is 9.65. The zero-order valence-corrected chi connectivity index (χ0v) is 18.2. The van der Waals surface area contributed by atoms with Gasteiger partial charge in [0, 0.05) is 0 Å². The number of anilines is 1. The largest absolute Gasteiger partial charge is 0.497 e. The molecule has 158 valence electrons. The summed E-state index contributed by atoms with van der Waals surface area (Å²) in [5, 5.41) is 2.92. The highest BCUT2D eigenvalue weighted by Gasteiger charge is 2.32. The van der Waals surface area contributed by atoms with E-state index in [0.29, 0.717) is 17.9 Å². The summed E-state index contributed by atoms with van der Waals surface area (Å²) in [5.74, 6) is 0.964. The molecule has 0 saturated carbocycles. The summed E-state index contributed by atoms with van der Waals surface area (Å²) in [6, 6.07) is 12.8. The summed E-state index contributed by atoms with van der Waals surface area (Å²) in [4.78, 5) is 13.0. The third kappa shape index (κ3) is 5.63. The first-order valence-electron chi connectivity index (χ1n) is 9.29. The Bertz CT molecular complexity index is 911. The Balaban J connectivity index is 2.26. The highest BCUT2D eigenvalue weighted by Crippen LogP contribution is 2.26. The van der Waals surface area contributed by atoms with Gasteiger partial charge in [-0.3, -0.25) is 9.10 Å². The fraction of sp³-hybridized carbons (Fsp3) is 0.381. The summed E-state index contributed by atoms with van der Waals surface area (Å²) < 4.78 is 36.5. The number of hydrogen-bond acceptors (Lipinski definition) is 5. The summed E-state index contributed by atoms with van der Waals surface area (Å²) >= 11 is 0. The molecule has 0 aromatic heterocycles. The number of benzene rings is 2. The van der Waals surface area contributed by atoms with E-state index in [4.69, 9.17) is 9.47 Å². The lowest BCUT2D eigenvalue weighted by atomic mass is 10.1. The fourth-order valence-corrected chi connectivity index (χ4v) is 4.29. The molecule has 0 saturated heterocycles. The lowest BCUT2D eigenvalue weighted by Gasteiger charge is -2.31. The molecule has 2 aromatic carbocycles. The van der Waals surface area contributed by atoms with E-state index in [2.05, 4.69) is 5.32 Å². The van der Waals surface area contributed by atoms with Crippen molar-refractivity contribution in [3.63, 3.8) is 0 Å². The molecule has 1 N–H and O–H groups in total. The fourth-order valence-electron chi connectivity index (χ4n) is 3.07. The Morgan fingerprint density at radius 3 is 1.90 bits per heavy atom. The number of nitrogens with one attached hydrogen (secondary N) is 1. The molecular weight excluding hydrogens is 392 g/mol. The van der Waals surface area contributed by atoms with Crippen molar-refractivity contribution in [2.45, 2.75) is 32.4 Å². The van der Waals surface area contributed by atoms with Gasteiger partial charge < -0.3 is 14.8 Å². The SMILES string of the molecule is CC[C@H](C(=O)N[C@H](C)c1ccc(OC)cc1)N(c1ccc(OC)cc1)S(C)(=O)=O. The lowest BCUT2D eigenvalue weighted by Crippen LogP contribution is -2.49. The molecule has 0 aliphatic rings. The van der Waals surface area contributed by atoms with Crippen molar-refractivity contribution in [3.05, 3.63) is 54.1 Å². The summed E-state index contributed by atoms with van der Waals surface area (Å²) in [6.45, 7) is 3.63. The summed E-state index contributed by atoms with van der Waals surface area (Å²) in [5.41, 5.74) is 1.30. The van der Waals surface area contributed by atoms with Crippen LogP contribution in [0.2, 0.25) is 0 Å². The van der Waals surface area contributed by atoms with Gasteiger partial charge in [-0.2, -0.15) is 0 Å². The molecular formula is C21H28N2O5S. The molecule has 0 heterocycles. The normalized spacial score (nSPS) is 13.3. The van der Waals surface area contributed by atoms with Gasteiger partial charge in [0.2, 0.25) is 15.9 Å². The average molecular weight is 421 g/mol. The molecule has 2 aromatic rings. The minimum Gasteiger partial charge on any atom is -0.497 e. The van der Waals surface area contributed by atoms with Gasteiger partial charge in [0.05, 0.1) is 32.2 Å². The van der Waals surface area contributed by atoms with Gasteiger partial charge in [-0.1, -0.05) is 19.1 Å². The standard InChI is InChI=1S/C21H28N2O5S/c1-6-20(21(24)22-15(2)16-7-11-18(27-3)12-8-16)23(29(5,25)26)17-9-13-19(28-4)14-10-17/h7-15,20H,6H2,1-5H3,(H,22,24)/t15-,20-/m1/s1. The Labute approximate surface area is 172 Å². The van der Waals surface area contributed by atoms with E-state index in [-0.39, 0.29) is 11.9 Å². The first kappa shape index (κ1) is 22.5. The van der Waals surface area contributed by atoms with Crippen LogP contribution in [0.4, 0.5) is 5.69 Å². The van der Waals surface area contributed by atoms with E-state index in [1.807, 2.05) is 31.2 Å². The van der Waals surface area contributed by atoms with Crippen LogP contribution < -0.4 is 19.1 Å². The molecule has 8 heteroatoms. The first-order chi connectivity index (χ1) is 13.7. The number of carbonyl (C=O) groups excluding carboxylic acids is 1. The first-order valence-corrected chi connectivity index (χ1v) is 11.1. The highest BCUT2D eigenvalue weighted by atomic mass is 32.2. The molecule has 0 radical (unpaired) electrons. The average Bonchev–Trinajstić information content (AvgIpc) is 2.71. The predicted molar refractivity (Wildman–Crippen MR) is 114 cm³/mol. The number of sulfonamides is 1. The van der Waals surface area contributed by atoms with Crippen LogP contribution in [0, 0.1) is 0 Å². The quantitative estimate of drug-likeness (QED) is 0.674.